The van der Waals surface area contributed by atoms with Crippen LogP contribution >= 0.6 is 0 Å². The van der Waals surface area contributed by atoms with Gasteiger partial charge in [-0.15, -0.1) is 0 Å². The molecule has 2 rings (SSSR count). The quantitative estimate of drug-likeness (QED) is 0.809. The predicted octanol–water partition coefficient (Wildman–Crippen LogP) is 1.74. The van der Waals surface area contributed by atoms with Crippen LogP contribution in [0.3, 0.4) is 0 Å². The van der Waals surface area contributed by atoms with Crippen LogP contribution in [0.15, 0.2) is 12.3 Å². The van der Waals surface area contributed by atoms with E-state index in [1.165, 1.54) is 12.1 Å². The van der Waals surface area contributed by atoms with Crippen LogP contribution in [0.1, 0.15) is 44.7 Å². The highest BCUT2D eigenvalue weighted by molar-refractivity contribution is 5.16. The first kappa shape index (κ1) is 13.6. The molecule has 1 heterocycles. The Morgan fingerprint density at radius 3 is 2.67 bits per heavy atom. The molecule has 0 spiro atoms. The Hall–Kier alpha value is -0.870. The molecule has 18 heavy (non-hydrogen) atoms. The van der Waals surface area contributed by atoms with Crippen molar-refractivity contribution in [3.8, 4) is 0 Å². The molecule has 1 aliphatic carbocycles. The SMILES string of the molecule is CC(C)Cn1nccc1[C@@H](CN)C1(CO)CCC1. The lowest BCUT2D eigenvalue weighted by Crippen LogP contribution is -2.43. The van der Waals surface area contributed by atoms with Crippen LogP contribution in [0.25, 0.3) is 0 Å². The maximum Gasteiger partial charge on any atom is 0.0494 e. The highest BCUT2D eigenvalue weighted by atomic mass is 16.3. The van der Waals surface area contributed by atoms with Gasteiger partial charge in [-0.3, -0.25) is 4.68 Å². The Balaban J connectivity index is 2.24. The molecular formula is C14H25N3O. The zero-order valence-electron chi connectivity index (χ0n) is 11.5. The largest absolute Gasteiger partial charge is 0.396 e. The second-order valence-electron chi connectivity index (χ2n) is 5.99. The number of rotatable bonds is 6. The van der Waals surface area contributed by atoms with E-state index in [1.54, 1.807) is 0 Å². The Morgan fingerprint density at radius 2 is 2.22 bits per heavy atom. The van der Waals surface area contributed by atoms with Gasteiger partial charge in [0, 0.05) is 42.9 Å². The van der Waals surface area contributed by atoms with Gasteiger partial charge in [-0.05, 0) is 24.8 Å². The molecule has 0 radical (unpaired) electrons. The predicted molar refractivity (Wildman–Crippen MR) is 72.2 cm³/mol. The molecule has 0 aliphatic heterocycles. The van der Waals surface area contributed by atoms with E-state index < -0.39 is 0 Å². The van der Waals surface area contributed by atoms with Crippen molar-refractivity contribution in [2.24, 2.45) is 17.1 Å². The Kier molecular flexibility index (Phi) is 4.07. The number of hydrogen-bond acceptors (Lipinski definition) is 3. The fourth-order valence-electron chi connectivity index (χ4n) is 3.07. The van der Waals surface area contributed by atoms with E-state index in [9.17, 15) is 5.11 Å². The molecule has 1 aromatic rings. The smallest absolute Gasteiger partial charge is 0.0494 e. The molecule has 0 amide bonds. The second-order valence-corrected chi connectivity index (χ2v) is 5.99. The number of hydrogen-bond donors (Lipinski definition) is 2. The standard InChI is InChI=1S/C14H25N3O/c1-11(2)9-17-13(4-7-16-17)12(8-15)14(10-18)5-3-6-14/h4,7,11-12,18H,3,5-6,8-10,15H2,1-2H3/t12-/m1/s1. The van der Waals surface area contributed by atoms with E-state index in [-0.39, 0.29) is 17.9 Å². The highest BCUT2D eigenvalue weighted by Crippen LogP contribution is 2.50. The summed E-state index contributed by atoms with van der Waals surface area (Å²) in [5.74, 6) is 0.797. The average molecular weight is 251 g/mol. The minimum absolute atomic E-state index is 0.00348. The van der Waals surface area contributed by atoms with Gasteiger partial charge in [0.15, 0.2) is 0 Å². The van der Waals surface area contributed by atoms with Gasteiger partial charge in [0.1, 0.15) is 0 Å². The first-order valence-electron chi connectivity index (χ1n) is 6.95. The number of aliphatic hydroxyl groups excluding tert-OH is 1. The third kappa shape index (κ3) is 2.31. The molecule has 4 heteroatoms. The summed E-state index contributed by atoms with van der Waals surface area (Å²) < 4.78 is 2.07. The van der Waals surface area contributed by atoms with Crippen molar-refractivity contribution in [1.82, 2.24) is 9.78 Å². The zero-order chi connectivity index (χ0) is 13.2. The fraction of sp³-hybridized carbons (Fsp3) is 0.786. The van der Waals surface area contributed by atoms with Gasteiger partial charge in [-0.2, -0.15) is 5.10 Å². The van der Waals surface area contributed by atoms with Crippen LogP contribution in [0.5, 0.6) is 0 Å². The van der Waals surface area contributed by atoms with Gasteiger partial charge < -0.3 is 10.8 Å². The van der Waals surface area contributed by atoms with Crippen molar-refractivity contribution in [2.75, 3.05) is 13.2 Å². The summed E-state index contributed by atoms with van der Waals surface area (Å²) in [6.45, 7) is 6.12. The van der Waals surface area contributed by atoms with Crippen molar-refractivity contribution >= 4 is 0 Å². The van der Waals surface area contributed by atoms with Gasteiger partial charge >= 0.3 is 0 Å². The van der Waals surface area contributed by atoms with Crippen LogP contribution in [0, 0.1) is 11.3 Å². The van der Waals surface area contributed by atoms with E-state index in [4.69, 9.17) is 5.73 Å². The summed E-state index contributed by atoms with van der Waals surface area (Å²) in [5.41, 5.74) is 7.18. The Bertz CT molecular complexity index is 377. The van der Waals surface area contributed by atoms with Gasteiger partial charge in [-0.25, -0.2) is 0 Å². The lowest BCUT2D eigenvalue weighted by atomic mass is 9.60. The number of nitrogens with two attached hydrogens (primary N) is 1. The summed E-state index contributed by atoms with van der Waals surface area (Å²) >= 11 is 0. The summed E-state index contributed by atoms with van der Waals surface area (Å²) in [7, 11) is 0. The van der Waals surface area contributed by atoms with Crippen molar-refractivity contribution in [2.45, 2.75) is 45.6 Å². The molecule has 4 nitrogen and oxygen atoms in total. The third-order valence-corrected chi connectivity index (χ3v) is 4.28. The Morgan fingerprint density at radius 1 is 1.50 bits per heavy atom. The maximum atomic E-state index is 9.72. The minimum atomic E-state index is 0.00348. The van der Waals surface area contributed by atoms with E-state index in [1.807, 2.05) is 6.20 Å². The van der Waals surface area contributed by atoms with Crippen LogP contribution in [0.2, 0.25) is 0 Å². The number of aromatic nitrogens is 2. The summed E-state index contributed by atoms with van der Waals surface area (Å²) in [4.78, 5) is 0. The van der Waals surface area contributed by atoms with Crippen LogP contribution < -0.4 is 5.73 Å². The van der Waals surface area contributed by atoms with Gasteiger partial charge in [0.05, 0.1) is 0 Å². The third-order valence-electron chi connectivity index (χ3n) is 4.28. The topological polar surface area (TPSA) is 64.1 Å². The average Bonchev–Trinajstić information content (AvgIpc) is 2.70. The maximum absolute atomic E-state index is 9.72. The van der Waals surface area contributed by atoms with E-state index in [2.05, 4.69) is 29.7 Å². The van der Waals surface area contributed by atoms with E-state index >= 15 is 0 Å². The molecule has 0 aromatic carbocycles. The summed E-state index contributed by atoms with van der Waals surface area (Å²) in [6, 6.07) is 2.07. The van der Waals surface area contributed by atoms with Crippen molar-refractivity contribution in [3.05, 3.63) is 18.0 Å². The molecule has 1 fully saturated rings. The number of aliphatic hydroxyl groups is 1. The van der Waals surface area contributed by atoms with Crippen LogP contribution in [-0.2, 0) is 6.54 Å². The number of nitrogens with zero attached hydrogens (tertiary/aromatic N) is 2. The summed E-state index contributed by atoms with van der Waals surface area (Å²) in [5, 5.41) is 14.1. The van der Waals surface area contributed by atoms with Crippen molar-refractivity contribution in [1.29, 1.82) is 0 Å². The lowest BCUT2D eigenvalue weighted by Gasteiger charge is -2.46. The van der Waals surface area contributed by atoms with Crippen LogP contribution in [0.4, 0.5) is 0 Å². The first-order chi connectivity index (χ1) is 8.63. The normalized spacial score (nSPS) is 19.8. The first-order valence-corrected chi connectivity index (χ1v) is 6.95. The molecule has 1 saturated carbocycles. The molecule has 0 saturated heterocycles. The second kappa shape index (κ2) is 5.41. The lowest BCUT2D eigenvalue weighted by molar-refractivity contribution is 0.0164. The summed E-state index contributed by atoms with van der Waals surface area (Å²) in [6.07, 6.45) is 5.22. The minimum Gasteiger partial charge on any atom is -0.396 e. The van der Waals surface area contributed by atoms with Gasteiger partial charge in [-0.1, -0.05) is 20.3 Å². The van der Waals surface area contributed by atoms with E-state index in [0.29, 0.717) is 12.5 Å². The molecule has 3 N–H and O–H groups in total. The molecule has 0 unspecified atom stereocenters. The molecule has 1 atom stereocenters. The van der Waals surface area contributed by atoms with E-state index in [0.717, 1.165) is 19.4 Å². The van der Waals surface area contributed by atoms with Crippen molar-refractivity contribution < 1.29 is 5.11 Å². The molecular weight excluding hydrogens is 226 g/mol. The van der Waals surface area contributed by atoms with Crippen LogP contribution in [-0.4, -0.2) is 28.0 Å². The monoisotopic (exact) mass is 251 g/mol. The molecule has 1 aromatic heterocycles. The molecule has 102 valence electrons. The fourth-order valence-corrected chi connectivity index (χ4v) is 3.07. The van der Waals surface area contributed by atoms with Gasteiger partial charge in [0.25, 0.3) is 0 Å². The van der Waals surface area contributed by atoms with Crippen molar-refractivity contribution in [3.63, 3.8) is 0 Å². The Labute approximate surface area is 109 Å². The molecule has 1 aliphatic rings. The van der Waals surface area contributed by atoms with Gasteiger partial charge in [0.2, 0.25) is 0 Å². The highest BCUT2D eigenvalue weighted by Gasteiger charge is 2.44. The zero-order valence-corrected chi connectivity index (χ0v) is 11.5. The molecule has 0 bridgehead atoms.